The van der Waals surface area contributed by atoms with Crippen molar-refractivity contribution in [3.63, 3.8) is 0 Å². The molecule has 0 aromatic heterocycles. The van der Waals surface area contributed by atoms with Crippen molar-refractivity contribution in [3.8, 4) is 16.9 Å². The fourth-order valence-corrected chi connectivity index (χ4v) is 3.06. The van der Waals surface area contributed by atoms with Gasteiger partial charge in [-0.25, -0.2) is 4.39 Å². The van der Waals surface area contributed by atoms with E-state index in [9.17, 15) is 9.18 Å². The summed E-state index contributed by atoms with van der Waals surface area (Å²) in [4.78, 5) is 16.2. The summed E-state index contributed by atoms with van der Waals surface area (Å²) in [5.74, 6) is -1.54. The minimum absolute atomic E-state index is 0.00135. The predicted molar refractivity (Wildman–Crippen MR) is 118 cm³/mol. The van der Waals surface area contributed by atoms with Gasteiger partial charge in [-0.15, -0.1) is 0 Å². The number of hydrogen-bond acceptors (Lipinski definition) is 4. The lowest BCUT2D eigenvalue weighted by Gasteiger charge is -2.09. The minimum Gasteiger partial charge on any atom is -0.487 e. The smallest absolute Gasteiger partial charge is 0.307 e. The van der Waals surface area contributed by atoms with E-state index in [2.05, 4.69) is 17.3 Å². The first-order valence-electron chi connectivity index (χ1n) is 10.0. The summed E-state index contributed by atoms with van der Waals surface area (Å²) in [6, 6.07) is 22.2. The number of oxime groups is 1. The second kappa shape index (κ2) is 10.9. The van der Waals surface area contributed by atoms with E-state index in [0.29, 0.717) is 12.0 Å². The molecule has 6 heteroatoms. The monoisotopic (exact) mass is 421 g/mol. The van der Waals surface area contributed by atoms with Crippen LogP contribution >= 0.6 is 0 Å². The number of rotatable bonds is 10. The van der Waals surface area contributed by atoms with Crippen LogP contribution in [-0.2, 0) is 16.1 Å². The average Bonchev–Trinajstić information content (AvgIpc) is 2.78. The Labute approximate surface area is 180 Å². The fraction of sp³-hybridized carbons (Fsp3) is 0.200. The number of benzene rings is 3. The highest BCUT2D eigenvalue weighted by molar-refractivity contribution is 6.00. The number of carboxylic acid groups (broad SMARTS) is 1. The largest absolute Gasteiger partial charge is 0.487 e. The third kappa shape index (κ3) is 6.40. The molecule has 0 saturated heterocycles. The number of nitrogens with zero attached hydrogens (tertiary/aromatic N) is 1. The molecule has 5 nitrogen and oxygen atoms in total. The van der Waals surface area contributed by atoms with Gasteiger partial charge in [0.05, 0.1) is 12.1 Å². The van der Waals surface area contributed by atoms with Crippen molar-refractivity contribution in [1.29, 1.82) is 0 Å². The molecule has 0 aliphatic rings. The zero-order chi connectivity index (χ0) is 22.1. The Morgan fingerprint density at radius 1 is 0.968 bits per heavy atom. The number of hydrogen-bond donors (Lipinski definition) is 1. The molecular formula is C25H24FNO4. The molecule has 3 aromatic rings. The average molecular weight is 421 g/mol. The first-order valence-corrected chi connectivity index (χ1v) is 10.0. The molecule has 0 atom stereocenters. The number of ether oxygens (including phenoxy) is 1. The third-order valence-electron chi connectivity index (χ3n) is 4.62. The van der Waals surface area contributed by atoms with Gasteiger partial charge in [0, 0.05) is 0 Å². The first kappa shape index (κ1) is 22.0. The molecule has 0 radical (unpaired) electrons. The van der Waals surface area contributed by atoms with Gasteiger partial charge >= 0.3 is 5.97 Å². The van der Waals surface area contributed by atoms with E-state index in [4.69, 9.17) is 14.7 Å². The topological polar surface area (TPSA) is 68.1 Å². The second-order valence-corrected chi connectivity index (χ2v) is 6.85. The zero-order valence-electron chi connectivity index (χ0n) is 17.3. The van der Waals surface area contributed by atoms with Crippen LogP contribution in [0.1, 0.15) is 24.5 Å². The summed E-state index contributed by atoms with van der Waals surface area (Å²) >= 11 is 0. The molecule has 0 heterocycles. The molecule has 3 rings (SSSR count). The summed E-state index contributed by atoms with van der Waals surface area (Å²) < 4.78 is 19.2. The van der Waals surface area contributed by atoms with Gasteiger partial charge in [-0.2, -0.15) is 0 Å². The van der Waals surface area contributed by atoms with Crippen molar-refractivity contribution in [2.24, 2.45) is 5.16 Å². The van der Waals surface area contributed by atoms with Gasteiger partial charge < -0.3 is 14.7 Å². The maximum Gasteiger partial charge on any atom is 0.307 e. The van der Waals surface area contributed by atoms with Crippen LogP contribution in [0.2, 0.25) is 0 Å². The molecule has 0 aliphatic carbocycles. The SMILES string of the molecule is CC/C(=N\OCCOc1cc(CC(=O)O)ccc1F)c1ccc(-c2ccccc2)cc1. The molecule has 1 N–H and O–H groups in total. The molecule has 3 aromatic carbocycles. The quantitative estimate of drug-likeness (QED) is 0.273. The maximum atomic E-state index is 13.8. The molecule has 0 saturated carbocycles. The van der Waals surface area contributed by atoms with E-state index < -0.39 is 11.8 Å². The van der Waals surface area contributed by atoms with Crippen LogP contribution in [0, 0.1) is 5.82 Å². The zero-order valence-corrected chi connectivity index (χ0v) is 17.3. The van der Waals surface area contributed by atoms with E-state index in [0.717, 1.165) is 22.4 Å². The van der Waals surface area contributed by atoms with E-state index in [-0.39, 0.29) is 25.4 Å². The minimum atomic E-state index is -0.987. The molecule has 0 amide bonds. The lowest BCUT2D eigenvalue weighted by Crippen LogP contribution is -2.08. The van der Waals surface area contributed by atoms with Crippen LogP contribution in [0.4, 0.5) is 4.39 Å². The maximum absolute atomic E-state index is 13.8. The van der Waals surface area contributed by atoms with Gasteiger partial charge in [0.2, 0.25) is 0 Å². The van der Waals surface area contributed by atoms with Crippen LogP contribution in [-0.4, -0.2) is 30.0 Å². The molecule has 160 valence electrons. The van der Waals surface area contributed by atoms with Crippen molar-refractivity contribution in [2.75, 3.05) is 13.2 Å². The predicted octanol–water partition coefficient (Wildman–Crippen LogP) is 5.33. The highest BCUT2D eigenvalue weighted by atomic mass is 19.1. The highest BCUT2D eigenvalue weighted by Crippen LogP contribution is 2.21. The third-order valence-corrected chi connectivity index (χ3v) is 4.62. The van der Waals surface area contributed by atoms with Crippen LogP contribution in [0.15, 0.2) is 78.0 Å². The molecule has 31 heavy (non-hydrogen) atoms. The van der Waals surface area contributed by atoms with Gasteiger partial charge in [0.15, 0.2) is 18.2 Å². The standard InChI is InChI=1S/C25H24FNO4/c1-2-23(21-11-9-20(10-12-21)19-6-4-3-5-7-19)27-31-15-14-30-24-16-18(17-25(28)29)8-13-22(24)26/h3-13,16H,2,14-15,17H2,1H3,(H,28,29)/b27-23+. The molecule has 0 spiro atoms. The Morgan fingerprint density at radius 3 is 2.35 bits per heavy atom. The highest BCUT2D eigenvalue weighted by Gasteiger charge is 2.08. The van der Waals surface area contributed by atoms with Crippen LogP contribution < -0.4 is 4.74 Å². The molecule has 0 bridgehead atoms. The molecular weight excluding hydrogens is 397 g/mol. The summed E-state index contributed by atoms with van der Waals surface area (Å²) in [7, 11) is 0. The van der Waals surface area contributed by atoms with Crippen molar-refractivity contribution in [2.45, 2.75) is 19.8 Å². The van der Waals surface area contributed by atoms with E-state index in [1.54, 1.807) is 0 Å². The van der Waals surface area contributed by atoms with Crippen molar-refractivity contribution >= 4 is 11.7 Å². The Balaban J connectivity index is 1.54. The summed E-state index contributed by atoms with van der Waals surface area (Å²) in [6.45, 7) is 2.21. The van der Waals surface area contributed by atoms with Crippen LogP contribution in [0.25, 0.3) is 11.1 Å². The lowest BCUT2D eigenvalue weighted by molar-refractivity contribution is -0.136. The number of carboxylic acids is 1. The Kier molecular flexibility index (Phi) is 7.76. The lowest BCUT2D eigenvalue weighted by atomic mass is 10.0. The summed E-state index contributed by atoms with van der Waals surface area (Å²) in [6.07, 6.45) is 0.498. The molecule has 0 aliphatic heterocycles. The Bertz CT molecular complexity index is 1030. The first-order chi connectivity index (χ1) is 15.1. The molecule has 0 unspecified atom stereocenters. The van der Waals surface area contributed by atoms with Crippen molar-refractivity contribution < 1.29 is 23.9 Å². The van der Waals surface area contributed by atoms with Gasteiger partial charge in [0.1, 0.15) is 6.61 Å². The van der Waals surface area contributed by atoms with Crippen LogP contribution in [0.3, 0.4) is 0 Å². The number of aliphatic carboxylic acids is 1. The van der Waals surface area contributed by atoms with Crippen molar-refractivity contribution in [1.82, 2.24) is 0 Å². The number of carbonyl (C=O) groups is 1. The van der Waals surface area contributed by atoms with Gasteiger partial charge in [-0.1, -0.05) is 72.7 Å². The Hall–Kier alpha value is -3.67. The second-order valence-electron chi connectivity index (χ2n) is 6.85. The molecule has 0 fully saturated rings. The van der Waals surface area contributed by atoms with Crippen molar-refractivity contribution in [3.05, 3.63) is 89.7 Å². The summed E-state index contributed by atoms with van der Waals surface area (Å²) in [5.41, 5.74) is 4.51. The van der Waals surface area contributed by atoms with E-state index >= 15 is 0 Å². The Morgan fingerprint density at radius 2 is 1.68 bits per heavy atom. The van der Waals surface area contributed by atoms with Gasteiger partial charge in [-0.05, 0) is 40.8 Å². The van der Waals surface area contributed by atoms with Gasteiger partial charge in [-0.3, -0.25) is 4.79 Å². The normalized spacial score (nSPS) is 11.2. The van der Waals surface area contributed by atoms with Crippen LogP contribution in [0.5, 0.6) is 5.75 Å². The van der Waals surface area contributed by atoms with E-state index in [1.165, 1.54) is 18.2 Å². The number of halogens is 1. The fourth-order valence-electron chi connectivity index (χ4n) is 3.06. The summed E-state index contributed by atoms with van der Waals surface area (Å²) in [5, 5.41) is 13.0. The van der Waals surface area contributed by atoms with Gasteiger partial charge in [0.25, 0.3) is 0 Å². The van der Waals surface area contributed by atoms with E-state index in [1.807, 2.05) is 49.4 Å².